The van der Waals surface area contributed by atoms with Crippen molar-refractivity contribution in [1.82, 2.24) is 15.1 Å². The fourth-order valence-electron chi connectivity index (χ4n) is 2.15. The molecular weight excluding hydrogens is 369 g/mol. The van der Waals surface area contributed by atoms with Crippen LogP contribution in [0.2, 0.25) is 0 Å². The lowest BCUT2D eigenvalue weighted by Crippen LogP contribution is -2.34. The Kier molecular flexibility index (Phi) is 12.5. The van der Waals surface area contributed by atoms with Crippen LogP contribution in [0.15, 0.2) is 4.99 Å². The van der Waals surface area contributed by atoms with Gasteiger partial charge in [-0.3, -0.25) is 4.99 Å². The van der Waals surface area contributed by atoms with Crippen LogP contribution >= 0.6 is 24.0 Å². The molecule has 0 atom stereocenters. The Bertz CT molecular complexity index is 265. The normalized spacial score (nSPS) is 18.4. The minimum atomic E-state index is 0. The Morgan fingerprint density at radius 1 is 1.30 bits per heavy atom. The first kappa shape index (κ1) is 19.9. The lowest BCUT2D eigenvalue weighted by Gasteiger charge is -2.19. The number of guanidine groups is 1. The maximum atomic E-state index is 5.74. The Morgan fingerprint density at radius 2 is 2.10 bits per heavy atom. The molecule has 0 aromatic carbocycles. The van der Waals surface area contributed by atoms with Gasteiger partial charge in [0, 0.05) is 33.3 Å². The predicted octanol–water partition coefficient (Wildman–Crippen LogP) is 0.183. The second kappa shape index (κ2) is 12.6. The molecule has 1 saturated heterocycles. The van der Waals surface area contributed by atoms with Crippen molar-refractivity contribution in [2.45, 2.75) is 12.8 Å². The van der Waals surface area contributed by atoms with Crippen molar-refractivity contribution in [1.29, 1.82) is 0 Å². The number of ether oxygens (including phenoxy) is 1. The number of rotatable bonds is 7. The van der Waals surface area contributed by atoms with Gasteiger partial charge >= 0.3 is 0 Å². The molecule has 0 unspecified atom stereocenters. The SMILES string of the molecule is COCCNC(N)=NCCCN1CCCN(C)CC1.I. The molecule has 1 aliphatic rings. The summed E-state index contributed by atoms with van der Waals surface area (Å²) in [4.78, 5) is 9.23. The van der Waals surface area contributed by atoms with E-state index in [0.29, 0.717) is 19.1 Å². The summed E-state index contributed by atoms with van der Waals surface area (Å²) < 4.78 is 4.93. The zero-order valence-electron chi connectivity index (χ0n) is 12.8. The minimum Gasteiger partial charge on any atom is -0.383 e. The molecular formula is C13H30IN5O. The molecule has 0 radical (unpaired) electrons. The van der Waals surface area contributed by atoms with Gasteiger partial charge in [0.2, 0.25) is 0 Å². The fraction of sp³-hybridized carbons (Fsp3) is 0.923. The fourth-order valence-corrected chi connectivity index (χ4v) is 2.15. The van der Waals surface area contributed by atoms with E-state index in [-0.39, 0.29) is 24.0 Å². The second-order valence-electron chi connectivity index (χ2n) is 5.04. The van der Waals surface area contributed by atoms with Gasteiger partial charge in [0.05, 0.1) is 6.61 Å². The number of nitrogens with zero attached hydrogens (tertiary/aromatic N) is 3. The molecule has 0 bridgehead atoms. The quantitative estimate of drug-likeness (QED) is 0.277. The van der Waals surface area contributed by atoms with Gasteiger partial charge in [-0.15, -0.1) is 24.0 Å². The van der Waals surface area contributed by atoms with E-state index in [4.69, 9.17) is 10.5 Å². The van der Waals surface area contributed by atoms with Gasteiger partial charge in [-0.05, 0) is 39.5 Å². The molecule has 0 saturated carbocycles. The first-order valence-corrected chi connectivity index (χ1v) is 7.16. The average Bonchev–Trinajstić information content (AvgIpc) is 2.60. The third-order valence-electron chi connectivity index (χ3n) is 3.34. The molecule has 1 rings (SSSR count). The first-order valence-electron chi connectivity index (χ1n) is 7.16. The van der Waals surface area contributed by atoms with E-state index in [9.17, 15) is 0 Å². The summed E-state index contributed by atoms with van der Waals surface area (Å²) in [6.45, 7) is 8.02. The third-order valence-corrected chi connectivity index (χ3v) is 3.34. The van der Waals surface area contributed by atoms with E-state index in [2.05, 4.69) is 27.2 Å². The molecule has 0 aromatic heterocycles. The smallest absolute Gasteiger partial charge is 0.188 e. The van der Waals surface area contributed by atoms with E-state index < -0.39 is 0 Å². The van der Waals surface area contributed by atoms with E-state index in [1.54, 1.807) is 7.11 Å². The number of aliphatic imine (C=N–C) groups is 1. The largest absolute Gasteiger partial charge is 0.383 e. The highest BCUT2D eigenvalue weighted by atomic mass is 127. The van der Waals surface area contributed by atoms with Crippen LogP contribution in [0.25, 0.3) is 0 Å². The van der Waals surface area contributed by atoms with Crippen LogP contribution in [-0.4, -0.2) is 82.3 Å². The molecule has 0 spiro atoms. The zero-order chi connectivity index (χ0) is 13.9. The van der Waals surface area contributed by atoms with Crippen molar-refractivity contribution in [3.8, 4) is 0 Å². The Labute approximate surface area is 140 Å². The average molecular weight is 399 g/mol. The van der Waals surface area contributed by atoms with Crippen LogP contribution < -0.4 is 11.1 Å². The molecule has 0 amide bonds. The molecule has 20 heavy (non-hydrogen) atoms. The summed E-state index contributed by atoms with van der Waals surface area (Å²) in [5, 5.41) is 3.02. The second-order valence-corrected chi connectivity index (χ2v) is 5.04. The van der Waals surface area contributed by atoms with Crippen LogP contribution in [-0.2, 0) is 4.74 Å². The van der Waals surface area contributed by atoms with Gasteiger partial charge in [-0.25, -0.2) is 0 Å². The molecule has 7 heteroatoms. The molecule has 120 valence electrons. The number of hydrogen-bond acceptors (Lipinski definition) is 4. The van der Waals surface area contributed by atoms with E-state index in [1.165, 1.54) is 32.6 Å². The first-order chi connectivity index (χ1) is 9.22. The summed E-state index contributed by atoms with van der Waals surface area (Å²) >= 11 is 0. The molecule has 0 aromatic rings. The topological polar surface area (TPSA) is 66.1 Å². The molecule has 0 aliphatic carbocycles. The van der Waals surface area contributed by atoms with Gasteiger partial charge in [0.25, 0.3) is 0 Å². The highest BCUT2D eigenvalue weighted by Crippen LogP contribution is 2.01. The summed E-state index contributed by atoms with van der Waals surface area (Å²) in [6.07, 6.45) is 2.33. The summed E-state index contributed by atoms with van der Waals surface area (Å²) in [5.41, 5.74) is 5.74. The van der Waals surface area contributed by atoms with E-state index in [0.717, 1.165) is 19.5 Å². The highest BCUT2D eigenvalue weighted by molar-refractivity contribution is 14.0. The number of nitrogens with one attached hydrogen (secondary N) is 1. The van der Waals surface area contributed by atoms with Crippen LogP contribution in [0.3, 0.4) is 0 Å². The number of likely N-dealkylation sites (N-methyl/N-ethyl adjacent to an activating group) is 1. The zero-order valence-corrected chi connectivity index (χ0v) is 15.1. The monoisotopic (exact) mass is 399 g/mol. The lowest BCUT2D eigenvalue weighted by atomic mass is 10.3. The maximum Gasteiger partial charge on any atom is 0.188 e. The van der Waals surface area contributed by atoms with Gasteiger partial charge in [0.1, 0.15) is 0 Å². The number of methoxy groups -OCH3 is 1. The van der Waals surface area contributed by atoms with E-state index >= 15 is 0 Å². The van der Waals surface area contributed by atoms with E-state index in [1.807, 2.05) is 0 Å². The van der Waals surface area contributed by atoms with Gasteiger partial charge < -0.3 is 25.6 Å². The molecule has 3 N–H and O–H groups in total. The summed E-state index contributed by atoms with van der Waals surface area (Å²) in [5.74, 6) is 0.521. The van der Waals surface area contributed by atoms with Crippen molar-refractivity contribution in [3.63, 3.8) is 0 Å². The predicted molar refractivity (Wildman–Crippen MR) is 95.0 cm³/mol. The molecule has 1 fully saturated rings. The standard InChI is InChI=1S/C13H29N5O.HI/c1-17-7-4-9-18(11-10-17)8-3-5-15-13(14)16-6-12-19-2;/h3-12H2,1-2H3,(H3,14,15,16);1H. The van der Waals surface area contributed by atoms with Crippen molar-refractivity contribution < 1.29 is 4.74 Å². The Morgan fingerprint density at radius 3 is 2.85 bits per heavy atom. The Balaban J connectivity index is 0.00000361. The number of halogens is 1. The van der Waals surface area contributed by atoms with Gasteiger partial charge in [-0.2, -0.15) is 0 Å². The number of hydrogen-bond donors (Lipinski definition) is 2. The van der Waals surface area contributed by atoms with Crippen LogP contribution in [0.1, 0.15) is 12.8 Å². The van der Waals surface area contributed by atoms with Crippen molar-refractivity contribution in [2.24, 2.45) is 10.7 Å². The highest BCUT2D eigenvalue weighted by Gasteiger charge is 2.10. The van der Waals surface area contributed by atoms with Crippen LogP contribution in [0, 0.1) is 0 Å². The molecule has 1 aliphatic heterocycles. The van der Waals surface area contributed by atoms with Crippen molar-refractivity contribution in [2.75, 3.05) is 66.6 Å². The Hall–Kier alpha value is -0.120. The molecule has 6 nitrogen and oxygen atoms in total. The van der Waals surface area contributed by atoms with Crippen LogP contribution in [0.4, 0.5) is 0 Å². The third kappa shape index (κ3) is 9.73. The number of nitrogens with two attached hydrogens (primary N) is 1. The summed E-state index contributed by atoms with van der Waals surface area (Å²) in [7, 11) is 3.87. The molecule has 1 heterocycles. The van der Waals surface area contributed by atoms with Gasteiger partial charge in [-0.1, -0.05) is 0 Å². The minimum absolute atomic E-state index is 0. The van der Waals surface area contributed by atoms with Gasteiger partial charge in [0.15, 0.2) is 5.96 Å². The van der Waals surface area contributed by atoms with Crippen molar-refractivity contribution in [3.05, 3.63) is 0 Å². The van der Waals surface area contributed by atoms with Crippen LogP contribution in [0.5, 0.6) is 0 Å². The maximum absolute atomic E-state index is 5.74. The summed E-state index contributed by atoms with van der Waals surface area (Å²) in [6, 6.07) is 0. The van der Waals surface area contributed by atoms with Crippen molar-refractivity contribution >= 4 is 29.9 Å². The lowest BCUT2D eigenvalue weighted by molar-refractivity contribution is 0.204.